The van der Waals surface area contributed by atoms with Crippen LogP contribution < -0.4 is 5.32 Å². The lowest BCUT2D eigenvalue weighted by Crippen LogP contribution is -2.27. The second kappa shape index (κ2) is 7.37. The summed E-state index contributed by atoms with van der Waals surface area (Å²) in [5.74, 6) is -0.747. The quantitative estimate of drug-likeness (QED) is 0.549. The van der Waals surface area contributed by atoms with Crippen LogP contribution in [0.4, 0.5) is 4.39 Å². The maximum Gasteiger partial charge on any atom is 0.259 e. The largest absolute Gasteiger partial charge is 0.345 e. The number of nitrogens with one attached hydrogen (secondary N) is 1. The summed E-state index contributed by atoms with van der Waals surface area (Å²) in [5.41, 5.74) is 4.47. The van der Waals surface area contributed by atoms with Crippen molar-refractivity contribution >= 4 is 17.0 Å². The lowest BCUT2D eigenvalue weighted by Gasteiger charge is -2.16. The molecule has 30 heavy (non-hydrogen) atoms. The van der Waals surface area contributed by atoms with E-state index in [9.17, 15) is 9.18 Å². The van der Waals surface area contributed by atoms with Crippen LogP contribution in [0.3, 0.4) is 0 Å². The molecule has 7 nitrogen and oxygen atoms in total. The molecule has 4 rings (SSSR count). The smallest absolute Gasteiger partial charge is 0.259 e. The van der Waals surface area contributed by atoms with Crippen LogP contribution >= 0.6 is 0 Å². The van der Waals surface area contributed by atoms with Gasteiger partial charge in [-0.05, 0) is 45.9 Å². The number of hydrogen-bond acceptors (Lipinski definition) is 5. The van der Waals surface area contributed by atoms with Gasteiger partial charge in [0.1, 0.15) is 5.82 Å². The molecule has 4 aromatic rings. The van der Waals surface area contributed by atoms with Crippen molar-refractivity contribution in [2.24, 2.45) is 7.05 Å². The number of pyridine rings is 1. The normalized spacial score (nSPS) is 12.3. The third-order valence-corrected chi connectivity index (χ3v) is 5.36. The number of nitrogens with zero attached hydrogens (tertiary/aromatic N) is 4. The predicted molar refractivity (Wildman–Crippen MR) is 110 cm³/mol. The van der Waals surface area contributed by atoms with Crippen LogP contribution in [-0.2, 0) is 7.05 Å². The Morgan fingerprint density at radius 1 is 1.20 bits per heavy atom. The molecule has 1 N–H and O–H groups in total. The van der Waals surface area contributed by atoms with E-state index < -0.39 is 5.82 Å². The number of rotatable bonds is 4. The van der Waals surface area contributed by atoms with Crippen LogP contribution in [0.1, 0.15) is 46.0 Å². The summed E-state index contributed by atoms with van der Waals surface area (Å²) in [5, 5.41) is 11.9. The van der Waals surface area contributed by atoms with Gasteiger partial charge < -0.3 is 9.84 Å². The van der Waals surface area contributed by atoms with E-state index in [1.165, 1.54) is 6.07 Å². The molecule has 3 aromatic heterocycles. The Morgan fingerprint density at radius 3 is 2.60 bits per heavy atom. The van der Waals surface area contributed by atoms with E-state index in [1.54, 1.807) is 35.9 Å². The molecular formula is C22H22FN5O2. The van der Waals surface area contributed by atoms with Crippen molar-refractivity contribution in [3.63, 3.8) is 0 Å². The summed E-state index contributed by atoms with van der Waals surface area (Å²) < 4.78 is 21.4. The van der Waals surface area contributed by atoms with Gasteiger partial charge in [0.25, 0.3) is 11.6 Å². The lowest BCUT2D eigenvalue weighted by molar-refractivity contribution is 0.0941. The van der Waals surface area contributed by atoms with Crippen molar-refractivity contribution in [1.82, 2.24) is 25.2 Å². The first kappa shape index (κ1) is 19.8. The Kier molecular flexibility index (Phi) is 4.85. The lowest BCUT2D eigenvalue weighted by atomic mass is 10.0. The second-order valence-electron chi connectivity index (χ2n) is 7.39. The number of hydrogen-bond donors (Lipinski definition) is 1. The fraction of sp³-hybridized carbons (Fsp3) is 0.273. The molecule has 1 unspecified atom stereocenters. The number of amides is 1. The molecule has 0 radical (unpaired) electrons. The van der Waals surface area contributed by atoms with Crippen molar-refractivity contribution in [3.05, 3.63) is 64.4 Å². The molecular weight excluding hydrogens is 385 g/mol. The van der Waals surface area contributed by atoms with E-state index in [0.29, 0.717) is 22.3 Å². The average Bonchev–Trinajstić information content (AvgIpc) is 3.20. The molecule has 3 heterocycles. The monoisotopic (exact) mass is 407 g/mol. The highest BCUT2D eigenvalue weighted by molar-refractivity contribution is 6.07. The minimum Gasteiger partial charge on any atom is -0.345 e. The highest BCUT2D eigenvalue weighted by Gasteiger charge is 2.23. The first-order valence-corrected chi connectivity index (χ1v) is 9.60. The van der Waals surface area contributed by atoms with Gasteiger partial charge in [0.05, 0.1) is 34.1 Å². The van der Waals surface area contributed by atoms with E-state index >= 15 is 0 Å². The molecule has 0 spiro atoms. The molecule has 0 aliphatic heterocycles. The average molecular weight is 407 g/mol. The third-order valence-electron chi connectivity index (χ3n) is 5.36. The van der Waals surface area contributed by atoms with Crippen LogP contribution in [0, 0.1) is 26.6 Å². The maximum atomic E-state index is 14.3. The number of carbonyl (C=O) groups is 1. The van der Waals surface area contributed by atoms with E-state index in [1.807, 2.05) is 27.8 Å². The van der Waals surface area contributed by atoms with Gasteiger partial charge in [-0.2, -0.15) is 5.10 Å². The first-order chi connectivity index (χ1) is 14.3. The Hall–Kier alpha value is -3.55. The second-order valence-corrected chi connectivity index (χ2v) is 7.39. The van der Waals surface area contributed by atoms with Gasteiger partial charge in [0.15, 0.2) is 0 Å². The predicted octanol–water partition coefficient (Wildman–Crippen LogP) is 4.18. The standard InChI is InChI=1S/C22H22FN5O2/c1-11(19-12(2)26-28(5)14(19)4)24-21(29)16-10-18(15-8-6-7-9-17(15)23)25-22-20(16)13(3)27-30-22/h6-11H,1-5H3,(H,24,29). The molecule has 0 saturated carbocycles. The SMILES string of the molecule is Cc1nn(C)c(C)c1C(C)NC(=O)c1cc(-c2ccccc2F)nc2onc(C)c12. The van der Waals surface area contributed by atoms with Crippen LogP contribution in [-0.4, -0.2) is 25.8 Å². The molecule has 1 amide bonds. The minimum absolute atomic E-state index is 0.194. The molecule has 1 aromatic carbocycles. The van der Waals surface area contributed by atoms with Crippen LogP contribution in [0.15, 0.2) is 34.9 Å². The molecule has 0 aliphatic rings. The van der Waals surface area contributed by atoms with E-state index in [2.05, 4.69) is 20.6 Å². The molecule has 0 fully saturated rings. The summed E-state index contributed by atoms with van der Waals surface area (Å²) in [4.78, 5) is 17.6. The number of fused-ring (bicyclic) bond motifs is 1. The molecule has 1 atom stereocenters. The van der Waals surface area contributed by atoms with Gasteiger partial charge in [-0.1, -0.05) is 17.3 Å². The Bertz CT molecular complexity index is 1270. The summed E-state index contributed by atoms with van der Waals surface area (Å²) in [7, 11) is 1.87. The fourth-order valence-corrected chi connectivity index (χ4v) is 3.84. The van der Waals surface area contributed by atoms with Gasteiger partial charge in [0, 0.05) is 23.9 Å². The number of aryl methyl sites for hydroxylation is 3. The molecule has 8 heteroatoms. The first-order valence-electron chi connectivity index (χ1n) is 9.60. The van der Waals surface area contributed by atoms with Crippen LogP contribution in [0.5, 0.6) is 0 Å². The van der Waals surface area contributed by atoms with Crippen LogP contribution in [0.2, 0.25) is 0 Å². The fourth-order valence-electron chi connectivity index (χ4n) is 3.84. The highest BCUT2D eigenvalue weighted by atomic mass is 19.1. The third kappa shape index (κ3) is 3.24. The number of benzene rings is 1. The van der Waals surface area contributed by atoms with Gasteiger partial charge in [-0.25, -0.2) is 9.37 Å². The number of halogens is 1. The Labute approximate surface area is 172 Å². The van der Waals surface area contributed by atoms with Crippen molar-refractivity contribution in [1.29, 1.82) is 0 Å². The minimum atomic E-state index is -0.429. The topological polar surface area (TPSA) is 85.8 Å². The summed E-state index contributed by atoms with van der Waals surface area (Å²) in [6.07, 6.45) is 0. The van der Waals surface area contributed by atoms with Crippen molar-refractivity contribution in [2.45, 2.75) is 33.7 Å². The molecule has 0 saturated heterocycles. The summed E-state index contributed by atoms with van der Waals surface area (Å²) in [6, 6.07) is 7.58. The zero-order valence-corrected chi connectivity index (χ0v) is 17.4. The van der Waals surface area contributed by atoms with Gasteiger partial charge in [-0.3, -0.25) is 9.48 Å². The van der Waals surface area contributed by atoms with Crippen molar-refractivity contribution in [2.75, 3.05) is 0 Å². The number of aromatic nitrogens is 4. The Balaban J connectivity index is 1.78. The molecule has 154 valence electrons. The zero-order chi connectivity index (χ0) is 21.6. The van der Waals surface area contributed by atoms with Gasteiger partial charge in [0.2, 0.25) is 0 Å². The van der Waals surface area contributed by atoms with Crippen LogP contribution in [0.25, 0.3) is 22.4 Å². The van der Waals surface area contributed by atoms with Gasteiger partial charge in [-0.15, -0.1) is 0 Å². The molecule has 0 bridgehead atoms. The number of carbonyl (C=O) groups excluding carboxylic acids is 1. The van der Waals surface area contributed by atoms with Crippen molar-refractivity contribution < 1.29 is 13.7 Å². The zero-order valence-electron chi connectivity index (χ0n) is 17.4. The maximum absolute atomic E-state index is 14.3. The molecule has 0 aliphatic carbocycles. The van der Waals surface area contributed by atoms with Gasteiger partial charge >= 0.3 is 0 Å². The van der Waals surface area contributed by atoms with Crippen molar-refractivity contribution in [3.8, 4) is 11.3 Å². The highest BCUT2D eigenvalue weighted by Crippen LogP contribution is 2.29. The van der Waals surface area contributed by atoms with E-state index in [4.69, 9.17) is 4.52 Å². The Morgan fingerprint density at radius 2 is 1.93 bits per heavy atom. The summed E-state index contributed by atoms with van der Waals surface area (Å²) in [6.45, 7) is 7.52. The van der Waals surface area contributed by atoms with E-state index in [-0.39, 0.29) is 23.2 Å². The summed E-state index contributed by atoms with van der Waals surface area (Å²) >= 11 is 0. The van der Waals surface area contributed by atoms with E-state index in [0.717, 1.165) is 17.0 Å².